The molecule has 0 N–H and O–H groups in total. The fourth-order valence-electron chi connectivity index (χ4n) is 3.07. The van der Waals surface area contributed by atoms with E-state index in [0.29, 0.717) is 11.6 Å². The van der Waals surface area contributed by atoms with Gasteiger partial charge in [0.05, 0.1) is 6.20 Å². The Balaban J connectivity index is 1.56. The topological polar surface area (TPSA) is 46.1 Å². The Labute approximate surface area is 131 Å². The SMILES string of the molecule is O=C(c1cnccn1)N1CCCC(CCc2ccccc2)C1. The minimum absolute atomic E-state index is 0.0116. The molecule has 22 heavy (non-hydrogen) atoms. The average Bonchev–Trinajstić information content (AvgIpc) is 2.61. The van der Waals surface area contributed by atoms with E-state index in [1.807, 2.05) is 11.0 Å². The number of carbonyl (C=O) groups excluding carboxylic acids is 1. The molecule has 0 radical (unpaired) electrons. The lowest BCUT2D eigenvalue weighted by atomic mass is 9.91. The van der Waals surface area contributed by atoms with Gasteiger partial charge < -0.3 is 4.90 Å². The summed E-state index contributed by atoms with van der Waals surface area (Å²) in [6, 6.07) is 10.6. The highest BCUT2D eigenvalue weighted by Crippen LogP contribution is 2.22. The Kier molecular flexibility index (Phi) is 4.78. The van der Waals surface area contributed by atoms with Gasteiger partial charge in [0.25, 0.3) is 5.91 Å². The number of piperidine rings is 1. The van der Waals surface area contributed by atoms with Gasteiger partial charge in [0.15, 0.2) is 0 Å². The van der Waals surface area contributed by atoms with Crippen LogP contribution in [0.15, 0.2) is 48.9 Å². The molecule has 1 fully saturated rings. The van der Waals surface area contributed by atoms with Crippen molar-refractivity contribution in [1.29, 1.82) is 0 Å². The number of amides is 1. The fourth-order valence-corrected chi connectivity index (χ4v) is 3.07. The van der Waals surface area contributed by atoms with Gasteiger partial charge in [0, 0.05) is 25.5 Å². The molecule has 1 saturated heterocycles. The lowest BCUT2D eigenvalue weighted by Gasteiger charge is -2.32. The molecule has 1 aliphatic rings. The summed E-state index contributed by atoms with van der Waals surface area (Å²) in [6.45, 7) is 1.67. The lowest BCUT2D eigenvalue weighted by Crippen LogP contribution is -2.40. The molecule has 0 aliphatic carbocycles. The minimum atomic E-state index is 0.0116. The standard InChI is InChI=1S/C18H21N3O/c22-18(17-13-19-10-11-20-17)21-12-4-7-16(14-21)9-8-15-5-2-1-3-6-15/h1-3,5-6,10-11,13,16H,4,7-9,12,14H2. The maximum Gasteiger partial charge on any atom is 0.274 e. The second kappa shape index (κ2) is 7.16. The molecule has 4 heteroatoms. The zero-order valence-corrected chi connectivity index (χ0v) is 12.7. The van der Waals surface area contributed by atoms with Gasteiger partial charge in [-0.25, -0.2) is 4.98 Å². The van der Waals surface area contributed by atoms with Crippen molar-refractivity contribution in [2.24, 2.45) is 5.92 Å². The van der Waals surface area contributed by atoms with Gasteiger partial charge in [-0.05, 0) is 37.2 Å². The highest BCUT2D eigenvalue weighted by atomic mass is 16.2. The highest BCUT2D eigenvalue weighted by molar-refractivity contribution is 5.92. The first-order chi connectivity index (χ1) is 10.8. The molecule has 1 unspecified atom stereocenters. The second-order valence-corrected chi connectivity index (χ2v) is 5.87. The summed E-state index contributed by atoms with van der Waals surface area (Å²) in [5, 5.41) is 0. The van der Waals surface area contributed by atoms with E-state index in [0.717, 1.165) is 32.4 Å². The van der Waals surface area contributed by atoms with Crippen LogP contribution in [0.3, 0.4) is 0 Å². The van der Waals surface area contributed by atoms with Crippen LogP contribution in [0.4, 0.5) is 0 Å². The van der Waals surface area contributed by atoms with Gasteiger partial charge in [-0.2, -0.15) is 0 Å². The van der Waals surface area contributed by atoms with Crippen molar-refractivity contribution >= 4 is 5.91 Å². The first-order valence-corrected chi connectivity index (χ1v) is 7.92. The van der Waals surface area contributed by atoms with Crippen molar-refractivity contribution < 1.29 is 4.79 Å². The van der Waals surface area contributed by atoms with E-state index in [2.05, 4.69) is 34.2 Å². The van der Waals surface area contributed by atoms with Crippen LogP contribution in [0.2, 0.25) is 0 Å². The number of nitrogens with zero attached hydrogens (tertiary/aromatic N) is 3. The highest BCUT2D eigenvalue weighted by Gasteiger charge is 2.25. The van der Waals surface area contributed by atoms with Crippen molar-refractivity contribution in [2.75, 3.05) is 13.1 Å². The normalized spacial score (nSPS) is 18.2. The molecule has 2 aromatic rings. The maximum atomic E-state index is 12.4. The predicted molar refractivity (Wildman–Crippen MR) is 85.4 cm³/mol. The van der Waals surface area contributed by atoms with Crippen molar-refractivity contribution in [1.82, 2.24) is 14.9 Å². The average molecular weight is 295 g/mol. The number of rotatable bonds is 4. The summed E-state index contributed by atoms with van der Waals surface area (Å²) < 4.78 is 0. The molecular weight excluding hydrogens is 274 g/mol. The Bertz CT molecular complexity index is 600. The minimum Gasteiger partial charge on any atom is -0.337 e. The number of aryl methyl sites for hydroxylation is 1. The molecule has 1 aromatic heterocycles. The second-order valence-electron chi connectivity index (χ2n) is 5.87. The van der Waals surface area contributed by atoms with Crippen LogP contribution in [0.1, 0.15) is 35.3 Å². The van der Waals surface area contributed by atoms with Crippen LogP contribution in [0.25, 0.3) is 0 Å². The van der Waals surface area contributed by atoms with Gasteiger partial charge in [0.1, 0.15) is 5.69 Å². The summed E-state index contributed by atoms with van der Waals surface area (Å²) in [4.78, 5) is 22.5. The molecule has 1 aromatic carbocycles. The first-order valence-electron chi connectivity index (χ1n) is 7.92. The van der Waals surface area contributed by atoms with Gasteiger partial charge >= 0.3 is 0 Å². The molecule has 1 atom stereocenters. The number of likely N-dealkylation sites (tertiary alicyclic amines) is 1. The predicted octanol–water partition coefficient (Wildman–Crippen LogP) is 2.96. The molecular formula is C18H21N3O. The summed E-state index contributed by atoms with van der Waals surface area (Å²) in [5.74, 6) is 0.590. The maximum absolute atomic E-state index is 12.4. The van der Waals surface area contributed by atoms with Crippen LogP contribution >= 0.6 is 0 Å². The van der Waals surface area contributed by atoms with Crippen molar-refractivity contribution in [3.05, 3.63) is 60.2 Å². The molecule has 0 bridgehead atoms. The number of hydrogen-bond acceptors (Lipinski definition) is 3. The van der Waals surface area contributed by atoms with E-state index in [1.54, 1.807) is 18.6 Å². The lowest BCUT2D eigenvalue weighted by molar-refractivity contribution is 0.0662. The van der Waals surface area contributed by atoms with E-state index in [9.17, 15) is 4.79 Å². The van der Waals surface area contributed by atoms with Gasteiger partial charge in [-0.3, -0.25) is 9.78 Å². The third-order valence-corrected chi connectivity index (χ3v) is 4.27. The van der Waals surface area contributed by atoms with E-state index >= 15 is 0 Å². The number of carbonyl (C=O) groups is 1. The molecule has 2 heterocycles. The molecule has 0 spiro atoms. The summed E-state index contributed by atoms with van der Waals surface area (Å²) in [6.07, 6.45) is 9.21. The van der Waals surface area contributed by atoms with Gasteiger partial charge in [0.2, 0.25) is 0 Å². The van der Waals surface area contributed by atoms with E-state index in [1.165, 1.54) is 12.0 Å². The zero-order chi connectivity index (χ0) is 15.2. The smallest absolute Gasteiger partial charge is 0.274 e. The van der Waals surface area contributed by atoms with E-state index in [4.69, 9.17) is 0 Å². The van der Waals surface area contributed by atoms with Crippen LogP contribution < -0.4 is 0 Å². The Hall–Kier alpha value is -2.23. The fraction of sp³-hybridized carbons (Fsp3) is 0.389. The molecule has 1 aliphatic heterocycles. The molecule has 114 valence electrons. The largest absolute Gasteiger partial charge is 0.337 e. The Morgan fingerprint density at radius 3 is 2.86 bits per heavy atom. The molecule has 0 saturated carbocycles. The third-order valence-electron chi connectivity index (χ3n) is 4.27. The number of benzene rings is 1. The van der Waals surface area contributed by atoms with Crippen LogP contribution in [-0.2, 0) is 6.42 Å². The Morgan fingerprint density at radius 2 is 2.09 bits per heavy atom. The van der Waals surface area contributed by atoms with Gasteiger partial charge in [-0.15, -0.1) is 0 Å². The summed E-state index contributed by atoms with van der Waals surface area (Å²) >= 11 is 0. The van der Waals surface area contributed by atoms with Crippen LogP contribution in [0, 0.1) is 5.92 Å². The van der Waals surface area contributed by atoms with Crippen molar-refractivity contribution in [2.45, 2.75) is 25.7 Å². The monoisotopic (exact) mass is 295 g/mol. The number of aromatic nitrogens is 2. The van der Waals surface area contributed by atoms with Crippen LogP contribution in [-0.4, -0.2) is 33.9 Å². The van der Waals surface area contributed by atoms with Crippen molar-refractivity contribution in [3.63, 3.8) is 0 Å². The van der Waals surface area contributed by atoms with Gasteiger partial charge in [-0.1, -0.05) is 30.3 Å². The summed E-state index contributed by atoms with van der Waals surface area (Å²) in [5.41, 5.74) is 1.83. The summed E-state index contributed by atoms with van der Waals surface area (Å²) in [7, 11) is 0. The first kappa shape index (κ1) is 14.7. The van der Waals surface area contributed by atoms with Crippen LogP contribution in [0.5, 0.6) is 0 Å². The van der Waals surface area contributed by atoms with E-state index in [-0.39, 0.29) is 5.91 Å². The van der Waals surface area contributed by atoms with E-state index < -0.39 is 0 Å². The number of hydrogen-bond donors (Lipinski definition) is 0. The third kappa shape index (κ3) is 3.70. The zero-order valence-electron chi connectivity index (χ0n) is 12.7. The quantitative estimate of drug-likeness (QED) is 0.871. The Morgan fingerprint density at radius 1 is 1.23 bits per heavy atom. The van der Waals surface area contributed by atoms with Crippen molar-refractivity contribution in [3.8, 4) is 0 Å². The molecule has 4 nitrogen and oxygen atoms in total. The molecule has 1 amide bonds. The molecule has 3 rings (SSSR count).